The Labute approximate surface area is 433 Å². The fraction of sp³-hybridized carbons (Fsp3) is 0.236. The van der Waals surface area contributed by atoms with Crippen molar-refractivity contribution in [2.75, 3.05) is 30.7 Å². The Morgan fingerprint density at radius 2 is 1.67 bits per heavy atom. The molecular formula is C55H49ClF2N10O7. The SMILES string of the molecule is C=C(COc1c(F)cc(CN2C(=O)CCC(N3Cc4cc(CNC(=O)Nc5ccc(C)c(Cl)c5)ccc4C3=O)C2=O)cc1F)C(=O)N1CCC[C@@H](n2nc(-c3ccc(Oc4ccccc4)cc3)c3c(N)ncnc32)C1. The monoisotopic (exact) mass is 1030 g/mol. The predicted molar refractivity (Wildman–Crippen MR) is 274 cm³/mol. The third-order valence-electron chi connectivity index (χ3n) is 13.5. The van der Waals surface area contributed by atoms with Crippen LogP contribution in [0.2, 0.25) is 5.02 Å². The number of hydrogen-bond acceptors (Lipinski definition) is 11. The van der Waals surface area contributed by atoms with Gasteiger partial charge in [-0.05, 0) is 115 Å². The van der Waals surface area contributed by atoms with Crippen LogP contribution in [0.3, 0.4) is 0 Å². The number of benzene rings is 5. The molecule has 7 aromatic rings. The zero-order valence-electron chi connectivity index (χ0n) is 40.5. The first-order valence-corrected chi connectivity index (χ1v) is 24.5. The molecule has 3 aliphatic rings. The number of imide groups is 1. The van der Waals surface area contributed by atoms with E-state index in [1.807, 2.05) is 61.5 Å². The fourth-order valence-electron chi connectivity index (χ4n) is 9.63. The Morgan fingerprint density at radius 3 is 2.43 bits per heavy atom. The minimum Gasteiger partial charge on any atom is -0.483 e. The number of aromatic nitrogens is 4. The van der Waals surface area contributed by atoms with E-state index >= 15 is 8.78 Å². The van der Waals surface area contributed by atoms with Gasteiger partial charge in [0, 0.05) is 60.0 Å². The minimum atomic E-state index is -1.12. The average molecular weight is 1040 g/mol. The lowest BCUT2D eigenvalue weighted by atomic mass is 10.0. The molecule has 0 radical (unpaired) electrons. The Balaban J connectivity index is 0.746. The van der Waals surface area contributed by atoms with Gasteiger partial charge in [-0.25, -0.2) is 28.2 Å². The molecule has 0 spiro atoms. The topological polar surface area (TPSA) is 207 Å². The van der Waals surface area contributed by atoms with Gasteiger partial charge in [-0.3, -0.25) is 24.1 Å². The summed E-state index contributed by atoms with van der Waals surface area (Å²) in [4.78, 5) is 79.7. The second-order valence-electron chi connectivity index (χ2n) is 18.6. The number of urea groups is 1. The molecule has 2 saturated heterocycles. The van der Waals surface area contributed by atoms with Gasteiger partial charge >= 0.3 is 6.03 Å². The maximum Gasteiger partial charge on any atom is 0.319 e. The lowest BCUT2D eigenvalue weighted by molar-refractivity contribution is -0.153. The molecule has 0 saturated carbocycles. The summed E-state index contributed by atoms with van der Waals surface area (Å²) >= 11 is 6.18. The summed E-state index contributed by atoms with van der Waals surface area (Å²) in [6.45, 7) is 5.56. The van der Waals surface area contributed by atoms with Gasteiger partial charge in [0.2, 0.25) is 5.91 Å². The number of para-hydroxylation sites is 1. The van der Waals surface area contributed by atoms with Crippen LogP contribution >= 0.6 is 11.6 Å². The molecule has 1 unspecified atom stereocenters. The van der Waals surface area contributed by atoms with Crippen LogP contribution < -0.4 is 25.8 Å². The van der Waals surface area contributed by atoms with Gasteiger partial charge in [-0.15, -0.1) is 0 Å². The van der Waals surface area contributed by atoms with E-state index in [0.717, 1.165) is 28.2 Å². The van der Waals surface area contributed by atoms with Crippen molar-refractivity contribution in [1.82, 2.24) is 39.8 Å². The second-order valence-corrected chi connectivity index (χ2v) is 19.0. The first-order chi connectivity index (χ1) is 36.2. The van der Waals surface area contributed by atoms with Crippen LogP contribution in [0.1, 0.15) is 64.3 Å². The molecule has 2 fully saturated rings. The summed E-state index contributed by atoms with van der Waals surface area (Å²) in [6, 6.07) is 27.2. The zero-order valence-corrected chi connectivity index (χ0v) is 41.3. The number of aryl methyl sites for hydroxylation is 1. The van der Waals surface area contributed by atoms with E-state index in [1.54, 1.807) is 46.0 Å². The van der Waals surface area contributed by atoms with E-state index in [-0.39, 0.29) is 55.5 Å². The van der Waals surface area contributed by atoms with Gasteiger partial charge in [-0.2, -0.15) is 5.10 Å². The number of carbonyl (C=O) groups is 5. The van der Waals surface area contributed by atoms with Crippen LogP contribution in [0.15, 0.2) is 122 Å². The van der Waals surface area contributed by atoms with Gasteiger partial charge in [0.15, 0.2) is 23.0 Å². The smallest absolute Gasteiger partial charge is 0.319 e. The number of nitrogens with two attached hydrogens (primary N) is 1. The molecule has 2 aromatic heterocycles. The van der Waals surface area contributed by atoms with Crippen molar-refractivity contribution in [2.24, 2.45) is 0 Å². The van der Waals surface area contributed by atoms with Crippen molar-refractivity contribution >= 4 is 63.8 Å². The molecule has 17 nitrogen and oxygen atoms in total. The van der Waals surface area contributed by atoms with Crippen LogP contribution in [0, 0.1) is 18.6 Å². The van der Waals surface area contributed by atoms with Gasteiger partial charge < -0.3 is 35.6 Å². The minimum absolute atomic E-state index is 0.0351. The van der Waals surface area contributed by atoms with Gasteiger partial charge in [0.05, 0.1) is 18.0 Å². The predicted octanol–water partition coefficient (Wildman–Crippen LogP) is 8.90. The summed E-state index contributed by atoms with van der Waals surface area (Å²) in [5.41, 5.74) is 11.2. The number of carbonyl (C=O) groups excluding carboxylic acids is 5. The molecule has 2 atom stereocenters. The van der Waals surface area contributed by atoms with Crippen molar-refractivity contribution in [1.29, 1.82) is 0 Å². The normalized spacial score (nSPS) is 16.5. The van der Waals surface area contributed by atoms with Gasteiger partial charge in [0.1, 0.15) is 42.0 Å². The van der Waals surface area contributed by atoms with Crippen LogP contribution in [0.25, 0.3) is 22.3 Å². The maximum atomic E-state index is 15.7. The molecule has 0 bridgehead atoms. The highest BCUT2D eigenvalue weighted by Crippen LogP contribution is 2.36. The highest BCUT2D eigenvalue weighted by Gasteiger charge is 2.43. The van der Waals surface area contributed by atoms with E-state index in [1.165, 1.54) is 11.2 Å². The van der Waals surface area contributed by atoms with Crippen LogP contribution in [-0.4, -0.2) is 89.8 Å². The molecule has 5 aromatic carbocycles. The Bertz CT molecular complexity index is 3410. The number of hydrogen-bond donors (Lipinski definition) is 3. The Morgan fingerprint density at radius 1 is 0.907 bits per heavy atom. The fourth-order valence-corrected chi connectivity index (χ4v) is 9.81. The number of piperidine rings is 2. The number of fused-ring (bicyclic) bond motifs is 2. The first kappa shape index (κ1) is 49.9. The third kappa shape index (κ3) is 10.4. The third-order valence-corrected chi connectivity index (χ3v) is 13.9. The largest absolute Gasteiger partial charge is 0.483 e. The number of nitrogens with one attached hydrogen (secondary N) is 2. The Kier molecular flexibility index (Phi) is 14.0. The second kappa shape index (κ2) is 21.0. The molecular weight excluding hydrogens is 986 g/mol. The van der Waals surface area contributed by atoms with Crippen molar-refractivity contribution < 1.29 is 42.2 Å². The van der Waals surface area contributed by atoms with Gasteiger partial charge in [0.25, 0.3) is 17.7 Å². The number of nitrogens with zero attached hydrogens (tertiary/aromatic N) is 7. The van der Waals surface area contributed by atoms with Gasteiger partial charge in [-0.1, -0.05) is 54.6 Å². The number of rotatable bonds is 14. The van der Waals surface area contributed by atoms with Crippen LogP contribution in [0.5, 0.6) is 17.2 Å². The number of anilines is 2. The lowest BCUT2D eigenvalue weighted by Crippen LogP contribution is -2.54. The van der Waals surface area contributed by atoms with Crippen molar-refractivity contribution in [3.63, 3.8) is 0 Å². The maximum absolute atomic E-state index is 15.7. The molecule has 20 heteroatoms. The highest BCUT2D eigenvalue weighted by molar-refractivity contribution is 6.31. The zero-order chi connectivity index (χ0) is 52.5. The average Bonchev–Trinajstić information content (AvgIpc) is 3.96. The summed E-state index contributed by atoms with van der Waals surface area (Å²) in [5.74, 6) is -3.56. The molecule has 6 amide bonds. The molecule has 0 aliphatic carbocycles. The molecule has 4 N–H and O–H groups in total. The summed E-state index contributed by atoms with van der Waals surface area (Å²) in [7, 11) is 0. The quantitative estimate of drug-likeness (QED) is 0.0692. The highest BCUT2D eigenvalue weighted by atomic mass is 35.5. The molecule has 10 rings (SSSR count). The standard InChI is InChI=1S/C55H49ClF2N10O7/c1-31-10-14-37(24-42(31)56)63-55(73)60-25-33-11-17-41-36(21-33)27-66(53(41)71)45-18-19-46(69)67(54(45)72)26-34-22-43(57)49(44(58)23-34)74-29-32(2)52(70)65-20-6-7-38(28-65)68-51-47(50(59)61-30-62-51)48(64-68)35-12-15-40(16-13-35)75-39-8-4-3-5-9-39/h3-5,8-17,21-24,30,38,45H,2,6-7,18-20,25-29H2,1H3,(H2,59,61,62)(H2,60,63,73)/t38-,45?/m1/s1. The van der Waals surface area contributed by atoms with E-state index in [4.69, 9.17) is 31.9 Å². The van der Waals surface area contributed by atoms with Crippen LogP contribution in [0.4, 0.5) is 25.1 Å². The van der Waals surface area contributed by atoms with Crippen LogP contribution in [-0.2, 0) is 34.0 Å². The lowest BCUT2D eigenvalue weighted by Gasteiger charge is -2.35. The number of ether oxygens (including phenoxy) is 2. The van der Waals surface area contributed by atoms with E-state index in [0.29, 0.717) is 75.0 Å². The summed E-state index contributed by atoms with van der Waals surface area (Å²) in [5, 5.41) is 11.5. The molecule has 5 heterocycles. The number of halogens is 3. The van der Waals surface area contributed by atoms with Crippen molar-refractivity contribution in [3.05, 3.63) is 166 Å². The number of amides is 6. The van der Waals surface area contributed by atoms with Crippen molar-refractivity contribution in [3.8, 4) is 28.5 Å². The molecule has 382 valence electrons. The van der Waals surface area contributed by atoms with Crippen molar-refractivity contribution in [2.45, 2.75) is 64.3 Å². The van der Waals surface area contributed by atoms with E-state index < -0.39 is 66.2 Å². The number of likely N-dealkylation sites (tertiary alicyclic amines) is 2. The molecule has 3 aliphatic heterocycles. The first-order valence-electron chi connectivity index (χ1n) is 24.2. The summed E-state index contributed by atoms with van der Waals surface area (Å²) in [6.07, 6.45) is 2.61. The van der Waals surface area contributed by atoms with E-state index in [2.05, 4.69) is 27.2 Å². The molecule has 75 heavy (non-hydrogen) atoms. The number of nitrogen functional groups attached to an aromatic ring is 1. The van der Waals surface area contributed by atoms with E-state index in [9.17, 15) is 24.0 Å². The summed E-state index contributed by atoms with van der Waals surface area (Å²) < 4.78 is 44.6. The Hall–Kier alpha value is -8.71.